The van der Waals surface area contributed by atoms with Gasteiger partial charge in [0.15, 0.2) is 0 Å². The summed E-state index contributed by atoms with van der Waals surface area (Å²) in [5.41, 5.74) is 5.11. The molecule has 1 saturated carbocycles. The second-order valence-electron chi connectivity index (χ2n) is 5.77. The van der Waals surface area contributed by atoms with Gasteiger partial charge in [-0.3, -0.25) is 14.9 Å². The summed E-state index contributed by atoms with van der Waals surface area (Å²) in [6.45, 7) is 2.05. The predicted molar refractivity (Wildman–Crippen MR) is 77.9 cm³/mol. The molecule has 0 heterocycles. The van der Waals surface area contributed by atoms with Gasteiger partial charge in [0.25, 0.3) is 5.69 Å². The van der Waals surface area contributed by atoms with E-state index < -0.39 is 10.5 Å². The number of nitro benzene ring substituents is 1. The molecule has 1 aliphatic rings. The maximum atomic E-state index is 12.3. The number of hydrogen-bond acceptors (Lipinski definition) is 5. The highest BCUT2D eigenvalue weighted by Gasteiger charge is 2.38. The number of nitrogens with two attached hydrogens (primary N) is 1. The van der Waals surface area contributed by atoms with Crippen molar-refractivity contribution in [2.24, 2.45) is 11.7 Å². The van der Waals surface area contributed by atoms with E-state index in [1.807, 2.05) is 0 Å². The molecule has 1 aromatic rings. The van der Waals surface area contributed by atoms with Crippen LogP contribution in [0.25, 0.3) is 0 Å². The van der Waals surface area contributed by atoms with Crippen molar-refractivity contribution in [1.82, 2.24) is 0 Å². The lowest BCUT2D eigenvalue weighted by molar-refractivity contribution is -0.384. The zero-order valence-corrected chi connectivity index (χ0v) is 11.8. The van der Waals surface area contributed by atoms with Gasteiger partial charge in [-0.15, -0.1) is 0 Å². The summed E-state index contributed by atoms with van der Waals surface area (Å²) in [4.78, 5) is 22.3. The van der Waals surface area contributed by atoms with E-state index >= 15 is 0 Å². The Morgan fingerprint density at radius 1 is 1.57 bits per heavy atom. The number of carbonyl (C=O) groups excluding carboxylic acids is 1. The van der Waals surface area contributed by atoms with E-state index in [0.29, 0.717) is 18.8 Å². The Morgan fingerprint density at radius 2 is 2.29 bits per heavy atom. The number of non-ortho nitro benzene ring substituents is 1. The highest BCUT2D eigenvalue weighted by molar-refractivity contribution is 5.99. The molecular weight excluding hydrogens is 274 g/mol. The summed E-state index contributed by atoms with van der Waals surface area (Å²) in [7, 11) is 0. The standard InChI is InChI=1S/C14H19N3O4/c1-9-3-2-6-14(15,8-9)13(19)16-11-5-4-10(17(20)21)7-12(11)18/h4-5,7,9,18H,2-3,6,8,15H2,1H3,(H,16,19). The molecule has 0 saturated heterocycles. The van der Waals surface area contributed by atoms with E-state index in [4.69, 9.17) is 5.73 Å². The van der Waals surface area contributed by atoms with Crippen LogP contribution in [0.4, 0.5) is 11.4 Å². The quantitative estimate of drug-likeness (QED) is 0.448. The number of carbonyl (C=O) groups is 1. The van der Waals surface area contributed by atoms with E-state index in [0.717, 1.165) is 18.9 Å². The lowest BCUT2D eigenvalue weighted by Gasteiger charge is -2.35. The minimum Gasteiger partial charge on any atom is -0.506 e. The fraction of sp³-hybridized carbons (Fsp3) is 0.500. The molecule has 7 nitrogen and oxygen atoms in total. The third kappa shape index (κ3) is 3.30. The highest BCUT2D eigenvalue weighted by atomic mass is 16.6. The number of phenols is 1. The fourth-order valence-corrected chi connectivity index (χ4v) is 2.78. The molecular formula is C14H19N3O4. The van der Waals surface area contributed by atoms with Gasteiger partial charge in [-0.2, -0.15) is 0 Å². The number of nitrogens with one attached hydrogen (secondary N) is 1. The van der Waals surface area contributed by atoms with E-state index in [2.05, 4.69) is 12.2 Å². The molecule has 1 aromatic carbocycles. The molecule has 2 unspecified atom stereocenters. The van der Waals surface area contributed by atoms with Crippen LogP contribution in [0.15, 0.2) is 18.2 Å². The van der Waals surface area contributed by atoms with Crippen LogP contribution in [0.1, 0.15) is 32.6 Å². The Labute approximate surface area is 122 Å². The van der Waals surface area contributed by atoms with Crippen LogP contribution in [0.5, 0.6) is 5.75 Å². The molecule has 4 N–H and O–H groups in total. The van der Waals surface area contributed by atoms with Crippen molar-refractivity contribution in [3.8, 4) is 5.75 Å². The molecule has 2 rings (SSSR count). The second-order valence-corrected chi connectivity index (χ2v) is 5.77. The summed E-state index contributed by atoms with van der Waals surface area (Å²) in [5.74, 6) is -0.330. The number of nitro groups is 1. The number of phenolic OH excluding ortho intramolecular Hbond substituents is 1. The van der Waals surface area contributed by atoms with Gasteiger partial charge in [0.1, 0.15) is 5.75 Å². The second kappa shape index (κ2) is 5.69. The van der Waals surface area contributed by atoms with Crippen molar-refractivity contribution < 1.29 is 14.8 Å². The van der Waals surface area contributed by atoms with Crippen molar-refractivity contribution in [2.45, 2.75) is 38.1 Å². The van der Waals surface area contributed by atoms with E-state index in [9.17, 15) is 20.0 Å². The average Bonchev–Trinajstić information content (AvgIpc) is 2.40. The van der Waals surface area contributed by atoms with Crippen molar-refractivity contribution in [2.75, 3.05) is 5.32 Å². The first-order chi connectivity index (χ1) is 9.82. The first-order valence-electron chi connectivity index (χ1n) is 6.89. The summed E-state index contributed by atoms with van der Waals surface area (Å²) in [5, 5.41) is 22.9. The third-order valence-electron chi connectivity index (χ3n) is 3.93. The van der Waals surface area contributed by atoms with Gasteiger partial charge < -0.3 is 16.2 Å². The molecule has 0 aromatic heterocycles. The Bertz CT molecular complexity index is 575. The maximum absolute atomic E-state index is 12.3. The van der Waals surface area contributed by atoms with Crippen molar-refractivity contribution in [3.05, 3.63) is 28.3 Å². The van der Waals surface area contributed by atoms with Gasteiger partial charge >= 0.3 is 0 Å². The molecule has 2 atom stereocenters. The monoisotopic (exact) mass is 293 g/mol. The van der Waals surface area contributed by atoms with Gasteiger partial charge in [-0.25, -0.2) is 0 Å². The zero-order valence-electron chi connectivity index (χ0n) is 11.8. The molecule has 0 spiro atoms. The Kier molecular flexibility index (Phi) is 4.13. The van der Waals surface area contributed by atoms with Crippen LogP contribution >= 0.6 is 0 Å². The normalized spacial score (nSPS) is 25.3. The summed E-state index contributed by atoms with van der Waals surface area (Å²) in [6, 6.07) is 3.53. The van der Waals surface area contributed by atoms with Crippen LogP contribution in [0, 0.1) is 16.0 Å². The van der Waals surface area contributed by atoms with E-state index in [1.165, 1.54) is 12.1 Å². The van der Waals surface area contributed by atoms with E-state index in [1.54, 1.807) is 0 Å². The summed E-state index contributed by atoms with van der Waals surface area (Å²) >= 11 is 0. The smallest absolute Gasteiger partial charge is 0.273 e. The lowest BCUT2D eigenvalue weighted by atomic mass is 9.76. The number of anilines is 1. The number of hydrogen-bond donors (Lipinski definition) is 3. The third-order valence-corrected chi connectivity index (χ3v) is 3.93. The summed E-state index contributed by atoms with van der Waals surface area (Å²) in [6.07, 6.45) is 3.12. The van der Waals surface area contributed by atoms with Crippen LogP contribution in [-0.2, 0) is 4.79 Å². The zero-order chi connectivity index (χ0) is 15.6. The van der Waals surface area contributed by atoms with Crippen molar-refractivity contribution in [3.63, 3.8) is 0 Å². The van der Waals surface area contributed by atoms with E-state index in [-0.39, 0.29) is 23.0 Å². The number of amides is 1. The van der Waals surface area contributed by atoms with Crippen LogP contribution in [0.2, 0.25) is 0 Å². The molecule has 114 valence electrons. The van der Waals surface area contributed by atoms with Gasteiger partial charge in [0.05, 0.1) is 22.2 Å². The Morgan fingerprint density at radius 3 is 2.86 bits per heavy atom. The largest absolute Gasteiger partial charge is 0.506 e. The lowest BCUT2D eigenvalue weighted by Crippen LogP contribution is -2.53. The molecule has 1 amide bonds. The summed E-state index contributed by atoms with van der Waals surface area (Å²) < 4.78 is 0. The topological polar surface area (TPSA) is 118 Å². The number of nitrogens with zero attached hydrogens (tertiary/aromatic N) is 1. The maximum Gasteiger partial charge on any atom is 0.273 e. The number of rotatable bonds is 3. The predicted octanol–water partition coefficient (Wildman–Crippen LogP) is 2.15. The minimum atomic E-state index is -0.952. The molecule has 0 aliphatic heterocycles. The molecule has 0 bridgehead atoms. The minimum absolute atomic E-state index is 0.133. The molecule has 1 fully saturated rings. The first kappa shape index (κ1) is 15.2. The van der Waals surface area contributed by atoms with Crippen molar-refractivity contribution in [1.29, 1.82) is 0 Å². The highest BCUT2D eigenvalue weighted by Crippen LogP contribution is 2.33. The van der Waals surface area contributed by atoms with Crippen LogP contribution < -0.4 is 11.1 Å². The van der Waals surface area contributed by atoms with Gasteiger partial charge in [0.2, 0.25) is 5.91 Å². The van der Waals surface area contributed by atoms with Gasteiger partial charge in [0, 0.05) is 6.07 Å². The molecule has 21 heavy (non-hydrogen) atoms. The first-order valence-corrected chi connectivity index (χ1v) is 6.89. The number of benzene rings is 1. The van der Waals surface area contributed by atoms with Crippen molar-refractivity contribution >= 4 is 17.3 Å². The average molecular weight is 293 g/mol. The molecule has 7 heteroatoms. The molecule has 0 radical (unpaired) electrons. The van der Waals surface area contributed by atoms with Crippen LogP contribution in [-0.4, -0.2) is 21.5 Å². The Hall–Kier alpha value is -2.15. The van der Waals surface area contributed by atoms with Gasteiger partial charge in [-0.05, 0) is 24.8 Å². The molecule has 1 aliphatic carbocycles. The fourth-order valence-electron chi connectivity index (χ4n) is 2.78. The Balaban J connectivity index is 2.14. The number of aromatic hydroxyl groups is 1. The SMILES string of the molecule is CC1CCCC(N)(C(=O)Nc2ccc([N+](=O)[O-])cc2O)C1. The van der Waals surface area contributed by atoms with Gasteiger partial charge in [-0.1, -0.05) is 19.8 Å². The van der Waals surface area contributed by atoms with Crippen LogP contribution in [0.3, 0.4) is 0 Å².